The van der Waals surface area contributed by atoms with Crippen LogP contribution >= 0.6 is 0 Å². The van der Waals surface area contributed by atoms with E-state index in [1.807, 2.05) is 20.8 Å². The number of anilines is 1. The summed E-state index contributed by atoms with van der Waals surface area (Å²) in [6.07, 6.45) is 0.721. The first-order chi connectivity index (χ1) is 9.86. The topological polar surface area (TPSA) is 86.9 Å². The summed E-state index contributed by atoms with van der Waals surface area (Å²) >= 11 is 0. The smallest absolute Gasteiger partial charge is 0.269 e. The molecule has 112 valence electrons. The lowest BCUT2D eigenvalue weighted by Crippen LogP contribution is -2.19. The Labute approximate surface area is 122 Å². The molecule has 4 N–H and O–H groups in total. The average Bonchev–Trinajstić information content (AvgIpc) is 2.76. The minimum absolute atomic E-state index is 0.00215. The number of nitrogen functional groups attached to an aromatic ring is 1. The van der Waals surface area contributed by atoms with Gasteiger partial charge in [-0.3, -0.25) is 4.79 Å². The molecule has 5 nitrogen and oxygen atoms in total. The largest absolute Gasteiger partial charge is 0.395 e. The lowest BCUT2D eigenvalue weighted by molar-refractivity contribution is 0.0993. The van der Waals surface area contributed by atoms with Gasteiger partial charge in [-0.1, -0.05) is 26.8 Å². The number of nitrogens with two attached hydrogens (primary N) is 2. The molecule has 0 radical (unpaired) electrons. The average molecular weight is 290 g/mol. The highest BCUT2D eigenvalue weighted by Crippen LogP contribution is 2.27. The van der Waals surface area contributed by atoms with Crippen LogP contribution in [0.3, 0.4) is 0 Å². The van der Waals surface area contributed by atoms with E-state index in [0.717, 1.165) is 12.0 Å². The third kappa shape index (κ3) is 2.61. The fourth-order valence-corrected chi connectivity index (χ4v) is 2.23. The third-order valence-electron chi connectivity index (χ3n) is 3.38. The van der Waals surface area contributed by atoms with Gasteiger partial charge in [0, 0.05) is 0 Å². The van der Waals surface area contributed by atoms with E-state index in [1.54, 1.807) is 12.1 Å². The zero-order chi connectivity index (χ0) is 15.7. The molecule has 2 rings (SSSR count). The number of halogens is 1. The van der Waals surface area contributed by atoms with Gasteiger partial charge in [0.2, 0.25) is 0 Å². The fraction of sp³-hybridized carbons (Fsp3) is 0.333. The van der Waals surface area contributed by atoms with E-state index < -0.39 is 11.7 Å². The molecule has 1 amide bonds. The molecule has 6 heteroatoms. The van der Waals surface area contributed by atoms with Crippen LogP contribution in [-0.2, 0) is 6.42 Å². The second-order valence-corrected chi connectivity index (χ2v) is 5.22. The molecule has 0 aliphatic rings. The van der Waals surface area contributed by atoms with Gasteiger partial charge in [-0.15, -0.1) is 0 Å². The zero-order valence-corrected chi connectivity index (χ0v) is 12.4. The predicted molar refractivity (Wildman–Crippen MR) is 79.9 cm³/mol. The first-order valence-corrected chi connectivity index (χ1v) is 6.83. The maximum absolute atomic E-state index is 14.3. The Bertz CT molecular complexity index is 691. The number of aromatic nitrogens is 2. The van der Waals surface area contributed by atoms with Crippen LogP contribution in [-0.4, -0.2) is 15.7 Å². The molecule has 0 atom stereocenters. The molecular weight excluding hydrogens is 271 g/mol. The number of hydrogen-bond donors (Lipinski definition) is 2. The Morgan fingerprint density at radius 2 is 2.10 bits per heavy atom. The zero-order valence-electron chi connectivity index (χ0n) is 12.4. The Hall–Kier alpha value is -2.37. The lowest BCUT2D eigenvalue weighted by atomic mass is 10.1. The molecule has 1 heterocycles. The number of amides is 1. The van der Waals surface area contributed by atoms with Crippen LogP contribution in [0.15, 0.2) is 18.2 Å². The van der Waals surface area contributed by atoms with Gasteiger partial charge in [-0.25, -0.2) is 9.07 Å². The van der Waals surface area contributed by atoms with E-state index in [1.165, 1.54) is 10.7 Å². The Morgan fingerprint density at radius 3 is 2.57 bits per heavy atom. The van der Waals surface area contributed by atoms with Crippen molar-refractivity contribution < 1.29 is 9.18 Å². The summed E-state index contributed by atoms with van der Waals surface area (Å²) in [5.74, 6) is -1.19. The molecule has 0 unspecified atom stereocenters. The minimum atomic E-state index is -0.731. The van der Waals surface area contributed by atoms with Gasteiger partial charge in [0.1, 0.15) is 11.5 Å². The monoisotopic (exact) mass is 290 g/mol. The number of rotatable bonds is 4. The summed E-state index contributed by atoms with van der Waals surface area (Å²) in [7, 11) is 0. The Balaban J connectivity index is 2.68. The van der Waals surface area contributed by atoms with E-state index in [4.69, 9.17) is 11.5 Å². The van der Waals surface area contributed by atoms with Crippen molar-refractivity contribution in [1.82, 2.24) is 9.78 Å². The second-order valence-electron chi connectivity index (χ2n) is 5.22. The van der Waals surface area contributed by atoms with E-state index >= 15 is 0 Å². The van der Waals surface area contributed by atoms with Crippen LogP contribution < -0.4 is 11.5 Å². The Kier molecular flexibility index (Phi) is 3.97. The highest BCUT2D eigenvalue weighted by atomic mass is 19.1. The second kappa shape index (κ2) is 5.55. The highest BCUT2D eigenvalue weighted by Gasteiger charge is 2.23. The highest BCUT2D eigenvalue weighted by molar-refractivity contribution is 5.97. The summed E-state index contributed by atoms with van der Waals surface area (Å²) in [6.45, 7) is 5.72. The quantitative estimate of drug-likeness (QED) is 0.906. The summed E-state index contributed by atoms with van der Waals surface area (Å²) < 4.78 is 15.5. The van der Waals surface area contributed by atoms with Gasteiger partial charge in [-0.05, 0) is 30.0 Å². The number of carbonyl (C=O) groups is 1. The molecule has 0 saturated carbocycles. The molecular formula is C15H19FN4O. The van der Waals surface area contributed by atoms with Crippen LogP contribution in [0.1, 0.15) is 48.4 Å². The number of nitrogens with zero attached hydrogens (tertiary/aromatic N) is 2. The molecule has 0 aliphatic heterocycles. The van der Waals surface area contributed by atoms with Gasteiger partial charge in [0.25, 0.3) is 5.91 Å². The van der Waals surface area contributed by atoms with Crippen molar-refractivity contribution in [2.24, 2.45) is 5.73 Å². The van der Waals surface area contributed by atoms with Crippen molar-refractivity contribution in [2.75, 3.05) is 5.73 Å². The van der Waals surface area contributed by atoms with Crippen molar-refractivity contribution in [1.29, 1.82) is 0 Å². The van der Waals surface area contributed by atoms with Gasteiger partial charge in [0.05, 0.1) is 11.4 Å². The van der Waals surface area contributed by atoms with Crippen LogP contribution in [0.4, 0.5) is 10.1 Å². The molecule has 0 spiro atoms. The maximum Gasteiger partial charge on any atom is 0.269 e. The van der Waals surface area contributed by atoms with Crippen LogP contribution in [0.5, 0.6) is 0 Å². The van der Waals surface area contributed by atoms with Gasteiger partial charge in [0.15, 0.2) is 5.69 Å². The molecule has 1 aromatic heterocycles. The standard InChI is InChI=1S/C15H19FN4O/c1-4-9-5-6-11(10(16)7-9)20-14(15(18)21)12(17)13(19-20)8(2)3/h5-8H,4,17H2,1-3H3,(H2,18,21). The number of benzene rings is 1. The molecule has 1 aromatic carbocycles. The third-order valence-corrected chi connectivity index (χ3v) is 3.38. The van der Waals surface area contributed by atoms with Crippen molar-refractivity contribution >= 4 is 11.6 Å². The van der Waals surface area contributed by atoms with Gasteiger partial charge < -0.3 is 11.5 Å². The maximum atomic E-state index is 14.3. The van der Waals surface area contributed by atoms with E-state index in [2.05, 4.69) is 5.10 Å². The van der Waals surface area contributed by atoms with Crippen molar-refractivity contribution in [3.63, 3.8) is 0 Å². The minimum Gasteiger partial charge on any atom is -0.395 e. The number of hydrogen-bond acceptors (Lipinski definition) is 3. The molecule has 2 aromatic rings. The lowest BCUT2D eigenvalue weighted by Gasteiger charge is -2.08. The summed E-state index contributed by atoms with van der Waals surface area (Å²) in [6, 6.07) is 4.79. The number of aryl methyl sites for hydroxylation is 1. The summed E-state index contributed by atoms with van der Waals surface area (Å²) in [4.78, 5) is 11.6. The summed E-state index contributed by atoms with van der Waals surface area (Å²) in [5.41, 5.74) is 13.1. The SMILES string of the molecule is CCc1ccc(-n2nc(C(C)C)c(N)c2C(N)=O)c(F)c1. The van der Waals surface area contributed by atoms with Crippen molar-refractivity contribution in [3.8, 4) is 5.69 Å². The fourth-order valence-electron chi connectivity index (χ4n) is 2.23. The van der Waals surface area contributed by atoms with Gasteiger partial charge >= 0.3 is 0 Å². The number of carbonyl (C=O) groups excluding carboxylic acids is 1. The van der Waals surface area contributed by atoms with Crippen LogP contribution in [0.25, 0.3) is 5.69 Å². The van der Waals surface area contributed by atoms with Crippen molar-refractivity contribution in [2.45, 2.75) is 33.1 Å². The molecule has 0 bridgehead atoms. The predicted octanol–water partition coefficient (Wildman–Crippen LogP) is 2.38. The van der Waals surface area contributed by atoms with E-state index in [0.29, 0.717) is 5.69 Å². The van der Waals surface area contributed by atoms with Crippen molar-refractivity contribution in [3.05, 3.63) is 41.0 Å². The molecule has 0 aliphatic carbocycles. The van der Waals surface area contributed by atoms with E-state index in [9.17, 15) is 9.18 Å². The first-order valence-electron chi connectivity index (χ1n) is 6.83. The van der Waals surface area contributed by atoms with Crippen LogP contribution in [0, 0.1) is 5.82 Å². The molecule has 21 heavy (non-hydrogen) atoms. The molecule has 0 fully saturated rings. The van der Waals surface area contributed by atoms with Crippen LogP contribution in [0.2, 0.25) is 0 Å². The van der Waals surface area contributed by atoms with E-state index in [-0.39, 0.29) is 23.0 Å². The van der Waals surface area contributed by atoms with Gasteiger partial charge in [-0.2, -0.15) is 5.10 Å². The normalized spacial score (nSPS) is 11.1. The summed E-state index contributed by atoms with van der Waals surface area (Å²) in [5, 5.41) is 4.27. The first kappa shape index (κ1) is 15.0. The number of primary amides is 1. The Morgan fingerprint density at radius 1 is 1.43 bits per heavy atom. The molecule has 0 saturated heterocycles.